The van der Waals surface area contributed by atoms with Crippen LogP contribution in [0.25, 0.3) is 6.08 Å². The lowest BCUT2D eigenvalue weighted by Crippen LogP contribution is -1.99. The predicted octanol–water partition coefficient (Wildman–Crippen LogP) is 3.36. The van der Waals surface area contributed by atoms with Gasteiger partial charge in [0.05, 0.1) is 13.7 Å². The van der Waals surface area contributed by atoms with Gasteiger partial charge in [0.25, 0.3) is 0 Å². The van der Waals surface area contributed by atoms with Crippen LogP contribution in [0.5, 0.6) is 5.75 Å². The Morgan fingerprint density at radius 2 is 2.17 bits per heavy atom. The number of carbonyl (C=O) groups is 1. The molecule has 0 saturated carbocycles. The van der Waals surface area contributed by atoms with Crippen LogP contribution in [0.3, 0.4) is 0 Å². The number of aryl methyl sites for hydroxylation is 1. The van der Waals surface area contributed by atoms with E-state index in [1.165, 1.54) is 13.2 Å². The van der Waals surface area contributed by atoms with Gasteiger partial charge in [-0.25, -0.2) is 4.79 Å². The second-order valence-electron chi connectivity index (χ2n) is 4.10. The lowest BCUT2D eigenvalue weighted by Gasteiger charge is -2.09. The number of esters is 1. The van der Waals surface area contributed by atoms with Gasteiger partial charge in [-0.3, -0.25) is 0 Å². The highest BCUT2D eigenvalue weighted by molar-refractivity contribution is 5.87. The van der Waals surface area contributed by atoms with Crippen LogP contribution in [0.1, 0.15) is 30.9 Å². The summed E-state index contributed by atoms with van der Waals surface area (Å²) in [6, 6.07) is 5.91. The number of benzene rings is 1. The van der Waals surface area contributed by atoms with Gasteiger partial charge in [-0.15, -0.1) is 0 Å². The Balaban J connectivity index is 2.82. The van der Waals surface area contributed by atoms with Gasteiger partial charge in [-0.1, -0.05) is 25.5 Å². The van der Waals surface area contributed by atoms with Crippen molar-refractivity contribution in [2.45, 2.75) is 26.7 Å². The number of hydrogen-bond donors (Lipinski definition) is 0. The molecule has 0 spiro atoms. The molecular weight excluding hydrogens is 228 g/mol. The molecule has 0 bridgehead atoms. The van der Waals surface area contributed by atoms with Crippen molar-refractivity contribution in [3.63, 3.8) is 0 Å². The van der Waals surface area contributed by atoms with E-state index in [-0.39, 0.29) is 5.97 Å². The van der Waals surface area contributed by atoms with E-state index in [1.807, 2.05) is 25.1 Å². The summed E-state index contributed by atoms with van der Waals surface area (Å²) in [6.07, 6.45) is 5.23. The van der Waals surface area contributed by atoms with E-state index in [1.54, 1.807) is 6.08 Å². The average molecular weight is 248 g/mol. The molecule has 1 aromatic carbocycles. The van der Waals surface area contributed by atoms with Gasteiger partial charge in [0.1, 0.15) is 5.75 Å². The molecule has 0 atom stereocenters. The van der Waals surface area contributed by atoms with Gasteiger partial charge in [0, 0.05) is 11.6 Å². The molecule has 0 radical (unpaired) electrons. The third kappa shape index (κ3) is 4.62. The Morgan fingerprint density at radius 1 is 1.39 bits per heavy atom. The largest absolute Gasteiger partial charge is 0.493 e. The molecule has 0 aliphatic carbocycles. The molecule has 0 aliphatic heterocycles. The van der Waals surface area contributed by atoms with Crippen LogP contribution in [-0.4, -0.2) is 19.7 Å². The van der Waals surface area contributed by atoms with Crippen LogP contribution in [0, 0.1) is 6.92 Å². The molecule has 0 aliphatic rings. The summed E-state index contributed by atoms with van der Waals surface area (Å²) in [7, 11) is 1.36. The van der Waals surface area contributed by atoms with E-state index < -0.39 is 0 Å². The van der Waals surface area contributed by atoms with Crippen molar-refractivity contribution in [3.8, 4) is 5.75 Å². The smallest absolute Gasteiger partial charge is 0.330 e. The summed E-state index contributed by atoms with van der Waals surface area (Å²) >= 11 is 0. The molecule has 1 rings (SSSR count). The number of carbonyl (C=O) groups excluding carboxylic acids is 1. The fraction of sp³-hybridized carbons (Fsp3) is 0.400. The molecule has 0 fully saturated rings. The van der Waals surface area contributed by atoms with Crippen LogP contribution >= 0.6 is 0 Å². The van der Waals surface area contributed by atoms with Gasteiger partial charge in [0.15, 0.2) is 0 Å². The Kier molecular flexibility index (Phi) is 5.98. The van der Waals surface area contributed by atoms with Gasteiger partial charge >= 0.3 is 5.97 Å². The van der Waals surface area contributed by atoms with E-state index in [0.717, 1.165) is 29.7 Å². The number of methoxy groups -OCH3 is 1. The topological polar surface area (TPSA) is 35.5 Å². The number of ether oxygens (including phenoxy) is 2. The summed E-state index contributed by atoms with van der Waals surface area (Å²) in [5, 5.41) is 0. The normalized spacial score (nSPS) is 10.6. The van der Waals surface area contributed by atoms with Gasteiger partial charge in [-0.05, 0) is 31.1 Å². The number of rotatable bonds is 6. The molecule has 0 aromatic heterocycles. The molecule has 3 heteroatoms. The van der Waals surface area contributed by atoms with Crippen molar-refractivity contribution in [1.29, 1.82) is 0 Å². The minimum Gasteiger partial charge on any atom is -0.493 e. The maximum Gasteiger partial charge on any atom is 0.330 e. The number of hydrogen-bond acceptors (Lipinski definition) is 3. The quantitative estimate of drug-likeness (QED) is 0.440. The molecule has 98 valence electrons. The molecule has 3 nitrogen and oxygen atoms in total. The molecule has 0 amide bonds. The predicted molar refractivity (Wildman–Crippen MR) is 72.6 cm³/mol. The number of unbranched alkanes of at least 4 members (excludes halogenated alkanes) is 1. The lowest BCUT2D eigenvalue weighted by molar-refractivity contribution is -0.134. The maximum atomic E-state index is 11.1. The third-order valence-corrected chi connectivity index (χ3v) is 2.52. The Labute approximate surface area is 108 Å². The zero-order valence-corrected chi connectivity index (χ0v) is 11.2. The highest BCUT2D eigenvalue weighted by atomic mass is 16.5. The van der Waals surface area contributed by atoms with E-state index in [0.29, 0.717) is 6.61 Å². The van der Waals surface area contributed by atoms with E-state index in [4.69, 9.17) is 4.74 Å². The molecular formula is C15H20O3. The van der Waals surface area contributed by atoms with Crippen LogP contribution in [0.4, 0.5) is 0 Å². The Hall–Kier alpha value is -1.77. The van der Waals surface area contributed by atoms with Crippen LogP contribution < -0.4 is 4.74 Å². The summed E-state index contributed by atoms with van der Waals surface area (Å²) < 4.78 is 10.3. The zero-order valence-electron chi connectivity index (χ0n) is 11.2. The first-order valence-corrected chi connectivity index (χ1v) is 6.17. The van der Waals surface area contributed by atoms with Crippen molar-refractivity contribution in [1.82, 2.24) is 0 Å². The first-order chi connectivity index (χ1) is 8.67. The van der Waals surface area contributed by atoms with Crippen molar-refractivity contribution >= 4 is 12.0 Å². The van der Waals surface area contributed by atoms with Gasteiger partial charge in [-0.2, -0.15) is 0 Å². The van der Waals surface area contributed by atoms with E-state index in [9.17, 15) is 4.79 Å². The SMILES string of the molecule is CCCCOc1cc(C)ccc1/C=C/C(=O)OC. The fourth-order valence-electron chi connectivity index (χ4n) is 1.46. The minimum atomic E-state index is -0.366. The fourth-order valence-corrected chi connectivity index (χ4v) is 1.46. The average Bonchev–Trinajstić information content (AvgIpc) is 2.37. The summed E-state index contributed by atoms with van der Waals surface area (Å²) in [6.45, 7) is 4.83. The summed E-state index contributed by atoms with van der Waals surface area (Å²) in [4.78, 5) is 11.1. The highest BCUT2D eigenvalue weighted by Gasteiger charge is 2.02. The minimum absolute atomic E-state index is 0.366. The molecule has 0 unspecified atom stereocenters. The Bertz CT molecular complexity index is 422. The van der Waals surface area contributed by atoms with Crippen molar-refractivity contribution in [2.75, 3.05) is 13.7 Å². The van der Waals surface area contributed by atoms with Gasteiger partial charge in [0.2, 0.25) is 0 Å². The van der Waals surface area contributed by atoms with Crippen LogP contribution in [0.2, 0.25) is 0 Å². The first-order valence-electron chi connectivity index (χ1n) is 6.17. The van der Waals surface area contributed by atoms with E-state index >= 15 is 0 Å². The summed E-state index contributed by atoms with van der Waals surface area (Å²) in [5.74, 6) is 0.443. The third-order valence-electron chi connectivity index (χ3n) is 2.52. The summed E-state index contributed by atoms with van der Waals surface area (Å²) in [5.41, 5.74) is 2.03. The van der Waals surface area contributed by atoms with Crippen molar-refractivity contribution in [3.05, 3.63) is 35.4 Å². The standard InChI is InChI=1S/C15H20O3/c1-4-5-10-18-14-11-12(2)6-7-13(14)8-9-15(16)17-3/h6-9,11H,4-5,10H2,1-3H3/b9-8+. The highest BCUT2D eigenvalue weighted by Crippen LogP contribution is 2.22. The lowest BCUT2D eigenvalue weighted by atomic mass is 10.1. The monoisotopic (exact) mass is 248 g/mol. The first kappa shape index (κ1) is 14.3. The van der Waals surface area contributed by atoms with E-state index in [2.05, 4.69) is 11.7 Å². The van der Waals surface area contributed by atoms with Crippen molar-refractivity contribution in [2.24, 2.45) is 0 Å². The van der Waals surface area contributed by atoms with Gasteiger partial charge < -0.3 is 9.47 Å². The molecule has 1 aromatic rings. The van der Waals surface area contributed by atoms with Crippen LogP contribution in [0.15, 0.2) is 24.3 Å². The molecule has 0 saturated heterocycles. The second kappa shape index (κ2) is 7.54. The van der Waals surface area contributed by atoms with Crippen molar-refractivity contribution < 1.29 is 14.3 Å². The second-order valence-corrected chi connectivity index (χ2v) is 4.10. The molecule has 0 heterocycles. The molecule has 18 heavy (non-hydrogen) atoms. The zero-order chi connectivity index (χ0) is 13.4. The van der Waals surface area contributed by atoms with Crippen LogP contribution in [-0.2, 0) is 9.53 Å². The molecule has 0 N–H and O–H groups in total. The maximum absolute atomic E-state index is 11.1. The Morgan fingerprint density at radius 3 is 2.83 bits per heavy atom.